The molecule has 0 amide bonds. The van der Waals surface area contributed by atoms with E-state index in [4.69, 9.17) is 0 Å². The van der Waals surface area contributed by atoms with Gasteiger partial charge in [0.15, 0.2) is 0 Å². The van der Waals surface area contributed by atoms with Crippen molar-refractivity contribution in [2.45, 2.75) is 12.8 Å². The van der Waals surface area contributed by atoms with E-state index >= 15 is 0 Å². The summed E-state index contributed by atoms with van der Waals surface area (Å²) in [5, 5.41) is 6.14. The Morgan fingerprint density at radius 1 is 0.412 bits per heavy atom. The second-order valence-corrected chi connectivity index (χ2v) is 15.8. The first-order chi connectivity index (χ1) is 16.8. The van der Waals surface area contributed by atoms with Crippen LogP contribution in [0.4, 0.5) is 0 Å². The number of benzene rings is 4. The Morgan fingerprint density at radius 3 is 1.26 bits per heavy atom. The van der Waals surface area contributed by atoms with Crippen LogP contribution in [0.25, 0.3) is 0 Å². The van der Waals surface area contributed by atoms with Crippen molar-refractivity contribution >= 4 is 45.0 Å². The summed E-state index contributed by atoms with van der Waals surface area (Å²) in [6, 6.07) is 44.8. The molecule has 4 aromatic carbocycles. The first-order valence-corrected chi connectivity index (χ1v) is 17.5. The first-order valence-electron chi connectivity index (χ1n) is 12.2. The maximum atomic E-state index is 2.45. The van der Waals surface area contributed by atoms with Crippen LogP contribution in [0.15, 0.2) is 121 Å². The highest BCUT2D eigenvalue weighted by Crippen LogP contribution is 2.41. The Balaban J connectivity index is 1.39. The van der Waals surface area contributed by atoms with E-state index in [1.165, 1.54) is 53.4 Å². The number of rotatable bonds is 12. The Kier molecular flexibility index (Phi) is 10.3. The minimum Gasteiger partial charge on any atom is -0.0785 e. The quantitative estimate of drug-likeness (QED) is 0.181. The molecule has 0 saturated heterocycles. The summed E-state index contributed by atoms with van der Waals surface area (Å²) in [4.78, 5) is 0. The van der Waals surface area contributed by atoms with E-state index in [-0.39, 0.29) is 23.8 Å². The molecular formula is C31H35P3. The Hall–Kier alpha value is -1.83. The molecule has 0 aliphatic heterocycles. The molecular weight excluding hydrogens is 465 g/mol. The zero-order valence-corrected chi connectivity index (χ0v) is 22.8. The van der Waals surface area contributed by atoms with Gasteiger partial charge in [-0.3, -0.25) is 0 Å². The van der Waals surface area contributed by atoms with Crippen molar-refractivity contribution < 1.29 is 0 Å². The highest BCUT2D eigenvalue weighted by Gasteiger charge is 2.16. The van der Waals surface area contributed by atoms with Gasteiger partial charge in [0.25, 0.3) is 0 Å². The SMILES string of the molecule is CP(CCCP(CCCP(c1ccccc1)c1ccccc1)c1ccccc1)c1ccccc1. The molecule has 0 radical (unpaired) electrons. The van der Waals surface area contributed by atoms with E-state index < -0.39 is 0 Å². The lowest BCUT2D eigenvalue weighted by Crippen LogP contribution is -2.15. The fourth-order valence-electron chi connectivity index (χ4n) is 4.36. The summed E-state index contributed by atoms with van der Waals surface area (Å²) in [5.41, 5.74) is 0. The summed E-state index contributed by atoms with van der Waals surface area (Å²) in [6.07, 6.45) is 7.95. The topological polar surface area (TPSA) is 0 Å². The maximum Gasteiger partial charge on any atom is -0.0195 e. The van der Waals surface area contributed by atoms with Gasteiger partial charge in [-0.25, -0.2) is 0 Å². The minimum absolute atomic E-state index is 0.0455. The molecule has 0 heterocycles. The summed E-state index contributed by atoms with van der Waals surface area (Å²) in [7, 11) is -0.439. The second kappa shape index (κ2) is 13.9. The monoisotopic (exact) mass is 500 g/mol. The predicted molar refractivity (Wildman–Crippen MR) is 160 cm³/mol. The maximum absolute atomic E-state index is 2.45. The van der Waals surface area contributed by atoms with Crippen LogP contribution in [-0.2, 0) is 0 Å². The minimum atomic E-state index is -0.290. The van der Waals surface area contributed by atoms with Gasteiger partial charge in [0.05, 0.1) is 0 Å². The fraction of sp³-hybridized carbons (Fsp3) is 0.226. The summed E-state index contributed by atoms with van der Waals surface area (Å²) >= 11 is 0. The average Bonchev–Trinajstić information content (AvgIpc) is 2.92. The Labute approximate surface area is 210 Å². The fourth-order valence-corrected chi connectivity index (χ4v) is 11.2. The van der Waals surface area contributed by atoms with E-state index in [1.807, 2.05) is 0 Å². The van der Waals surface area contributed by atoms with Gasteiger partial charge in [0.1, 0.15) is 0 Å². The van der Waals surface area contributed by atoms with Crippen molar-refractivity contribution in [2.24, 2.45) is 0 Å². The van der Waals surface area contributed by atoms with E-state index in [0.29, 0.717) is 0 Å². The van der Waals surface area contributed by atoms with Crippen LogP contribution in [0.3, 0.4) is 0 Å². The zero-order chi connectivity index (χ0) is 23.4. The van der Waals surface area contributed by atoms with Gasteiger partial charge in [-0.15, -0.1) is 0 Å². The molecule has 0 N–H and O–H groups in total. The molecule has 34 heavy (non-hydrogen) atoms. The largest absolute Gasteiger partial charge is 0.0785 e. The molecule has 0 fully saturated rings. The van der Waals surface area contributed by atoms with Crippen molar-refractivity contribution in [3.63, 3.8) is 0 Å². The molecule has 4 aromatic rings. The van der Waals surface area contributed by atoms with Gasteiger partial charge < -0.3 is 0 Å². The van der Waals surface area contributed by atoms with Crippen molar-refractivity contribution in [1.29, 1.82) is 0 Å². The third-order valence-electron chi connectivity index (χ3n) is 6.19. The van der Waals surface area contributed by atoms with Crippen molar-refractivity contribution in [3.8, 4) is 0 Å². The van der Waals surface area contributed by atoms with E-state index in [9.17, 15) is 0 Å². The molecule has 174 valence electrons. The van der Waals surface area contributed by atoms with Crippen molar-refractivity contribution in [1.82, 2.24) is 0 Å². The van der Waals surface area contributed by atoms with Gasteiger partial charge >= 0.3 is 0 Å². The summed E-state index contributed by atoms with van der Waals surface area (Å²) < 4.78 is 0. The third-order valence-corrected chi connectivity index (χ3v) is 13.7. The van der Waals surface area contributed by atoms with Crippen LogP contribution in [0.5, 0.6) is 0 Å². The number of hydrogen-bond acceptors (Lipinski definition) is 0. The lowest BCUT2D eigenvalue weighted by molar-refractivity contribution is 1.07. The van der Waals surface area contributed by atoms with E-state index in [0.717, 1.165) is 0 Å². The van der Waals surface area contributed by atoms with Crippen LogP contribution < -0.4 is 21.2 Å². The van der Waals surface area contributed by atoms with Gasteiger partial charge in [-0.2, -0.15) is 0 Å². The molecule has 4 rings (SSSR count). The Morgan fingerprint density at radius 2 is 0.794 bits per heavy atom. The first kappa shape index (κ1) is 25.3. The zero-order valence-electron chi connectivity index (χ0n) is 20.1. The summed E-state index contributed by atoms with van der Waals surface area (Å²) in [5.74, 6) is 0. The van der Waals surface area contributed by atoms with Crippen LogP contribution in [0, 0.1) is 0 Å². The molecule has 0 aromatic heterocycles. The molecule has 0 saturated carbocycles. The van der Waals surface area contributed by atoms with Crippen LogP contribution in [-0.4, -0.2) is 31.3 Å². The molecule has 2 atom stereocenters. The molecule has 2 unspecified atom stereocenters. The van der Waals surface area contributed by atoms with E-state index in [2.05, 4.69) is 128 Å². The second-order valence-electron chi connectivity index (χ2n) is 8.61. The number of hydrogen-bond donors (Lipinski definition) is 0. The predicted octanol–water partition coefficient (Wildman–Crippen LogP) is 7.14. The smallest absolute Gasteiger partial charge is 0.0195 e. The van der Waals surface area contributed by atoms with Gasteiger partial charge in [0.2, 0.25) is 0 Å². The summed E-state index contributed by atoms with van der Waals surface area (Å²) in [6.45, 7) is 2.45. The third kappa shape index (κ3) is 7.59. The highest BCUT2D eigenvalue weighted by molar-refractivity contribution is 7.73. The van der Waals surface area contributed by atoms with E-state index in [1.54, 1.807) is 5.30 Å². The highest BCUT2D eigenvalue weighted by atomic mass is 31.1. The molecule has 0 bridgehead atoms. The average molecular weight is 501 g/mol. The molecule has 0 nitrogen and oxygen atoms in total. The lowest BCUT2D eigenvalue weighted by atomic mass is 10.4. The normalized spacial score (nSPS) is 13.0. The standard InChI is InChI=1S/C31H35P3/c1-32(28-16-6-2-7-17-28)24-14-25-33(29-18-8-3-9-19-29)26-15-27-34(30-20-10-4-11-21-30)31-22-12-5-13-23-31/h2-13,16-23H,14-15,24-27H2,1H3. The van der Waals surface area contributed by atoms with Crippen molar-refractivity contribution in [2.75, 3.05) is 31.3 Å². The van der Waals surface area contributed by atoms with Gasteiger partial charge in [0, 0.05) is 0 Å². The lowest BCUT2D eigenvalue weighted by Gasteiger charge is -2.22. The van der Waals surface area contributed by atoms with Crippen molar-refractivity contribution in [3.05, 3.63) is 121 Å². The Bertz CT molecular complexity index is 1030. The van der Waals surface area contributed by atoms with Crippen LogP contribution in [0.2, 0.25) is 0 Å². The molecule has 0 aliphatic rings. The van der Waals surface area contributed by atoms with Gasteiger partial charge in [-0.05, 0) is 73.3 Å². The van der Waals surface area contributed by atoms with Gasteiger partial charge in [-0.1, -0.05) is 137 Å². The molecule has 0 spiro atoms. The molecule has 3 heteroatoms. The molecule has 0 aliphatic carbocycles. The van der Waals surface area contributed by atoms with Crippen LogP contribution >= 0.6 is 23.8 Å². The van der Waals surface area contributed by atoms with Crippen LogP contribution in [0.1, 0.15) is 12.8 Å².